The summed E-state index contributed by atoms with van der Waals surface area (Å²) in [6.45, 7) is 6.29. The fourth-order valence-corrected chi connectivity index (χ4v) is 3.59. The van der Waals surface area contributed by atoms with Crippen molar-refractivity contribution in [1.29, 1.82) is 0 Å². The molecule has 19 heavy (non-hydrogen) atoms. The SMILES string of the molecule is CCCCC1NCN(CCC2CCCC(C)C2)C1=O. The van der Waals surface area contributed by atoms with Crippen LogP contribution in [0.2, 0.25) is 0 Å². The zero-order chi connectivity index (χ0) is 13.7. The van der Waals surface area contributed by atoms with Crippen molar-refractivity contribution < 1.29 is 4.79 Å². The number of carbonyl (C=O) groups is 1. The van der Waals surface area contributed by atoms with Gasteiger partial charge in [-0.1, -0.05) is 46.0 Å². The predicted molar refractivity (Wildman–Crippen MR) is 78.8 cm³/mol. The van der Waals surface area contributed by atoms with Crippen LogP contribution in [0.1, 0.15) is 65.2 Å². The van der Waals surface area contributed by atoms with Crippen molar-refractivity contribution in [1.82, 2.24) is 10.2 Å². The average Bonchev–Trinajstić information content (AvgIpc) is 2.75. The van der Waals surface area contributed by atoms with Gasteiger partial charge in [0.2, 0.25) is 5.91 Å². The Labute approximate surface area is 118 Å². The van der Waals surface area contributed by atoms with Gasteiger partial charge in [-0.3, -0.25) is 10.1 Å². The molecule has 0 aromatic heterocycles. The summed E-state index contributed by atoms with van der Waals surface area (Å²) in [6, 6.07) is 0.102. The van der Waals surface area contributed by atoms with Crippen molar-refractivity contribution in [3.63, 3.8) is 0 Å². The van der Waals surface area contributed by atoms with Gasteiger partial charge in [-0.25, -0.2) is 0 Å². The lowest BCUT2D eigenvalue weighted by molar-refractivity contribution is -0.129. The number of hydrogen-bond acceptors (Lipinski definition) is 2. The first-order valence-corrected chi connectivity index (χ1v) is 8.23. The monoisotopic (exact) mass is 266 g/mol. The van der Waals surface area contributed by atoms with Gasteiger partial charge in [-0.2, -0.15) is 0 Å². The molecule has 3 atom stereocenters. The Kier molecular flexibility index (Phi) is 5.68. The normalized spacial score (nSPS) is 32.0. The predicted octanol–water partition coefficient (Wildman–Crippen LogP) is 3.15. The van der Waals surface area contributed by atoms with Crippen molar-refractivity contribution in [3.05, 3.63) is 0 Å². The van der Waals surface area contributed by atoms with Gasteiger partial charge in [-0.15, -0.1) is 0 Å². The zero-order valence-electron chi connectivity index (χ0n) is 12.7. The van der Waals surface area contributed by atoms with Gasteiger partial charge < -0.3 is 4.90 Å². The summed E-state index contributed by atoms with van der Waals surface area (Å²) < 4.78 is 0. The number of hydrogen-bond donors (Lipinski definition) is 1. The van der Waals surface area contributed by atoms with Crippen LogP contribution < -0.4 is 5.32 Å². The number of nitrogens with one attached hydrogen (secondary N) is 1. The maximum Gasteiger partial charge on any atom is 0.240 e. The Morgan fingerprint density at radius 1 is 1.32 bits per heavy atom. The first-order valence-electron chi connectivity index (χ1n) is 8.23. The summed E-state index contributed by atoms with van der Waals surface area (Å²) in [4.78, 5) is 14.3. The van der Waals surface area contributed by atoms with Gasteiger partial charge in [0.1, 0.15) is 0 Å². The van der Waals surface area contributed by atoms with Gasteiger partial charge in [0.25, 0.3) is 0 Å². The topological polar surface area (TPSA) is 32.3 Å². The van der Waals surface area contributed by atoms with E-state index in [2.05, 4.69) is 19.2 Å². The maximum absolute atomic E-state index is 12.2. The van der Waals surface area contributed by atoms with Gasteiger partial charge >= 0.3 is 0 Å². The van der Waals surface area contributed by atoms with Gasteiger partial charge in [-0.05, 0) is 31.1 Å². The molecular weight excluding hydrogens is 236 g/mol. The highest BCUT2D eigenvalue weighted by molar-refractivity contribution is 5.83. The second kappa shape index (κ2) is 7.28. The Bertz CT molecular complexity index is 292. The minimum absolute atomic E-state index is 0.102. The van der Waals surface area contributed by atoms with E-state index in [0.717, 1.165) is 37.9 Å². The summed E-state index contributed by atoms with van der Waals surface area (Å²) in [5, 5.41) is 3.36. The van der Waals surface area contributed by atoms with Crippen LogP contribution in [-0.4, -0.2) is 30.1 Å². The molecule has 0 radical (unpaired) electrons. The third-order valence-corrected chi connectivity index (χ3v) is 4.84. The molecule has 1 saturated carbocycles. The van der Waals surface area contributed by atoms with E-state index in [9.17, 15) is 4.79 Å². The van der Waals surface area contributed by atoms with E-state index in [-0.39, 0.29) is 6.04 Å². The van der Waals surface area contributed by atoms with E-state index in [0.29, 0.717) is 5.91 Å². The molecule has 2 rings (SSSR count). The molecule has 1 heterocycles. The van der Waals surface area contributed by atoms with Crippen LogP contribution in [0, 0.1) is 11.8 Å². The van der Waals surface area contributed by atoms with Crippen molar-refractivity contribution in [2.24, 2.45) is 11.8 Å². The molecule has 1 aliphatic heterocycles. The number of carbonyl (C=O) groups excluding carboxylic acids is 1. The molecule has 1 saturated heterocycles. The summed E-state index contributed by atoms with van der Waals surface area (Å²) >= 11 is 0. The molecule has 3 unspecified atom stereocenters. The molecule has 2 aliphatic rings. The molecule has 3 heteroatoms. The Balaban J connectivity index is 1.70. The molecule has 1 amide bonds. The molecule has 0 bridgehead atoms. The van der Waals surface area contributed by atoms with Crippen LogP contribution >= 0.6 is 0 Å². The number of rotatable bonds is 6. The Hall–Kier alpha value is -0.570. The summed E-state index contributed by atoms with van der Waals surface area (Å²) in [5.41, 5.74) is 0. The Morgan fingerprint density at radius 2 is 2.16 bits per heavy atom. The molecule has 0 spiro atoms. The van der Waals surface area contributed by atoms with Gasteiger partial charge in [0.05, 0.1) is 12.7 Å². The molecule has 0 aromatic carbocycles. The number of nitrogens with zero attached hydrogens (tertiary/aromatic N) is 1. The minimum Gasteiger partial charge on any atom is -0.329 e. The lowest BCUT2D eigenvalue weighted by atomic mass is 9.81. The molecule has 0 aromatic rings. The van der Waals surface area contributed by atoms with Crippen molar-refractivity contribution in [3.8, 4) is 0 Å². The molecule has 1 aliphatic carbocycles. The third-order valence-electron chi connectivity index (χ3n) is 4.84. The average molecular weight is 266 g/mol. The smallest absolute Gasteiger partial charge is 0.240 e. The van der Waals surface area contributed by atoms with E-state index in [1.807, 2.05) is 4.90 Å². The molecule has 110 valence electrons. The Morgan fingerprint density at radius 3 is 2.89 bits per heavy atom. The fraction of sp³-hybridized carbons (Fsp3) is 0.938. The fourth-order valence-electron chi connectivity index (χ4n) is 3.59. The lowest BCUT2D eigenvalue weighted by Crippen LogP contribution is -2.32. The highest BCUT2D eigenvalue weighted by Gasteiger charge is 2.30. The van der Waals surface area contributed by atoms with Crippen molar-refractivity contribution in [2.75, 3.05) is 13.2 Å². The maximum atomic E-state index is 12.2. The standard InChI is InChI=1S/C16H30N2O/c1-3-4-8-15-16(19)18(12-17-15)10-9-14-7-5-6-13(2)11-14/h13-15,17H,3-12H2,1-2H3. The second-order valence-corrected chi connectivity index (χ2v) is 6.59. The summed E-state index contributed by atoms with van der Waals surface area (Å²) in [5.74, 6) is 2.09. The number of amides is 1. The molecule has 2 fully saturated rings. The van der Waals surface area contributed by atoms with Crippen molar-refractivity contribution >= 4 is 5.91 Å². The minimum atomic E-state index is 0.102. The molecule has 3 nitrogen and oxygen atoms in total. The quantitative estimate of drug-likeness (QED) is 0.801. The van der Waals surface area contributed by atoms with Crippen LogP contribution in [0.3, 0.4) is 0 Å². The van der Waals surface area contributed by atoms with Crippen LogP contribution in [0.5, 0.6) is 0 Å². The second-order valence-electron chi connectivity index (χ2n) is 6.59. The van der Waals surface area contributed by atoms with Gasteiger partial charge in [0.15, 0.2) is 0 Å². The van der Waals surface area contributed by atoms with E-state index in [4.69, 9.17) is 0 Å². The van der Waals surface area contributed by atoms with E-state index in [1.165, 1.54) is 38.5 Å². The number of unbranched alkanes of at least 4 members (excludes halogenated alkanes) is 1. The zero-order valence-corrected chi connectivity index (χ0v) is 12.7. The summed E-state index contributed by atoms with van der Waals surface area (Å²) in [6.07, 6.45) is 10.1. The van der Waals surface area contributed by atoms with Crippen molar-refractivity contribution in [2.45, 2.75) is 71.3 Å². The van der Waals surface area contributed by atoms with Gasteiger partial charge in [0, 0.05) is 6.54 Å². The first-order chi connectivity index (χ1) is 9.20. The van der Waals surface area contributed by atoms with E-state index in [1.54, 1.807) is 0 Å². The first kappa shape index (κ1) is 14.8. The third kappa shape index (κ3) is 4.20. The van der Waals surface area contributed by atoms with Crippen LogP contribution in [0.15, 0.2) is 0 Å². The van der Waals surface area contributed by atoms with E-state index >= 15 is 0 Å². The highest BCUT2D eigenvalue weighted by atomic mass is 16.2. The molecular formula is C16H30N2O. The molecule has 1 N–H and O–H groups in total. The largest absolute Gasteiger partial charge is 0.329 e. The summed E-state index contributed by atoms with van der Waals surface area (Å²) in [7, 11) is 0. The van der Waals surface area contributed by atoms with E-state index < -0.39 is 0 Å². The van der Waals surface area contributed by atoms with Crippen LogP contribution in [0.4, 0.5) is 0 Å². The van der Waals surface area contributed by atoms with Crippen LogP contribution in [-0.2, 0) is 4.79 Å². The van der Waals surface area contributed by atoms with Crippen LogP contribution in [0.25, 0.3) is 0 Å². The highest BCUT2D eigenvalue weighted by Crippen LogP contribution is 2.30. The lowest BCUT2D eigenvalue weighted by Gasteiger charge is -2.28.